The summed E-state index contributed by atoms with van der Waals surface area (Å²) in [6, 6.07) is 7.39. The minimum absolute atomic E-state index is 0.0314. The number of benzene rings is 1. The van der Waals surface area contributed by atoms with Crippen LogP contribution < -0.4 is 4.90 Å². The molecular weight excluding hydrogens is 270 g/mol. The first-order chi connectivity index (χ1) is 10.1. The largest absolute Gasteiger partial charge is 0.476 e. The molecule has 1 heterocycles. The molecule has 1 saturated carbocycles. The van der Waals surface area contributed by atoms with Gasteiger partial charge in [-0.05, 0) is 24.8 Å². The minimum Gasteiger partial charge on any atom is -0.476 e. The van der Waals surface area contributed by atoms with Crippen molar-refractivity contribution in [1.82, 2.24) is 10.2 Å². The highest BCUT2D eigenvalue weighted by Crippen LogP contribution is 2.32. The van der Waals surface area contributed by atoms with Crippen molar-refractivity contribution < 1.29 is 15.0 Å². The summed E-state index contributed by atoms with van der Waals surface area (Å²) in [5.74, 6) is -0.692. The van der Waals surface area contributed by atoms with Gasteiger partial charge >= 0.3 is 5.97 Å². The van der Waals surface area contributed by atoms with Gasteiger partial charge in [0.15, 0.2) is 5.69 Å². The molecular formula is C15H17N3O3. The van der Waals surface area contributed by atoms with Gasteiger partial charge in [-0.3, -0.25) is 0 Å². The van der Waals surface area contributed by atoms with Crippen LogP contribution in [0.3, 0.4) is 0 Å². The number of hydrogen-bond acceptors (Lipinski definition) is 5. The third-order valence-corrected chi connectivity index (χ3v) is 3.97. The van der Waals surface area contributed by atoms with Crippen molar-refractivity contribution in [3.8, 4) is 0 Å². The van der Waals surface area contributed by atoms with Gasteiger partial charge in [0.1, 0.15) is 0 Å². The Morgan fingerprint density at radius 3 is 2.71 bits per heavy atom. The van der Waals surface area contributed by atoms with Crippen LogP contribution in [0.1, 0.15) is 23.3 Å². The Morgan fingerprint density at radius 2 is 2.05 bits per heavy atom. The summed E-state index contributed by atoms with van der Waals surface area (Å²) >= 11 is 0. The Hall–Kier alpha value is -2.21. The predicted octanol–water partition coefficient (Wildman–Crippen LogP) is 1.54. The number of carboxylic acids is 1. The second-order valence-electron chi connectivity index (χ2n) is 5.59. The topological polar surface area (TPSA) is 86.5 Å². The second kappa shape index (κ2) is 5.29. The Labute approximate surface area is 122 Å². The van der Waals surface area contributed by atoms with Crippen LogP contribution in [-0.4, -0.2) is 46.1 Å². The van der Waals surface area contributed by atoms with Crippen LogP contribution in [0, 0.1) is 5.92 Å². The van der Waals surface area contributed by atoms with E-state index in [2.05, 4.69) is 10.2 Å². The number of carbonyl (C=O) groups is 1. The van der Waals surface area contributed by atoms with Crippen molar-refractivity contribution in [2.75, 3.05) is 18.5 Å². The zero-order valence-corrected chi connectivity index (χ0v) is 11.7. The van der Waals surface area contributed by atoms with Crippen molar-refractivity contribution in [2.24, 2.45) is 5.92 Å². The lowest BCUT2D eigenvalue weighted by Gasteiger charge is -2.35. The summed E-state index contributed by atoms with van der Waals surface area (Å²) in [5, 5.41) is 27.3. The third-order valence-electron chi connectivity index (χ3n) is 3.97. The molecule has 0 saturated heterocycles. The van der Waals surface area contributed by atoms with Gasteiger partial charge in [0.2, 0.25) is 0 Å². The molecule has 0 bridgehead atoms. The number of rotatable bonds is 4. The number of aromatic carboxylic acids is 1. The Morgan fingerprint density at radius 1 is 1.33 bits per heavy atom. The van der Waals surface area contributed by atoms with Gasteiger partial charge in [0.05, 0.1) is 17.3 Å². The molecule has 0 amide bonds. The van der Waals surface area contributed by atoms with E-state index in [0.29, 0.717) is 23.7 Å². The van der Waals surface area contributed by atoms with Crippen LogP contribution in [-0.2, 0) is 0 Å². The first-order valence-electron chi connectivity index (χ1n) is 6.94. The van der Waals surface area contributed by atoms with Gasteiger partial charge in [-0.25, -0.2) is 4.79 Å². The van der Waals surface area contributed by atoms with Crippen LogP contribution in [0.25, 0.3) is 10.9 Å². The molecule has 0 unspecified atom stereocenters. The molecule has 0 atom stereocenters. The van der Waals surface area contributed by atoms with Crippen LogP contribution in [0.5, 0.6) is 0 Å². The molecule has 1 aliphatic carbocycles. The second-order valence-corrected chi connectivity index (χ2v) is 5.59. The first kappa shape index (κ1) is 13.8. The number of hydrogen-bond donors (Lipinski definition) is 2. The van der Waals surface area contributed by atoms with E-state index in [-0.39, 0.29) is 11.8 Å². The van der Waals surface area contributed by atoms with E-state index in [9.17, 15) is 15.0 Å². The maximum atomic E-state index is 11.4. The van der Waals surface area contributed by atoms with Crippen LogP contribution >= 0.6 is 0 Å². The van der Waals surface area contributed by atoms with E-state index in [1.54, 1.807) is 0 Å². The maximum Gasteiger partial charge on any atom is 0.358 e. The van der Waals surface area contributed by atoms with E-state index in [0.717, 1.165) is 18.2 Å². The summed E-state index contributed by atoms with van der Waals surface area (Å²) < 4.78 is 0. The molecule has 110 valence electrons. The van der Waals surface area contributed by atoms with Gasteiger partial charge in [0.25, 0.3) is 0 Å². The Bertz CT molecular complexity index is 683. The van der Waals surface area contributed by atoms with Gasteiger partial charge in [-0.1, -0.05) is 18.2 Å². The zero-order chi connectivity index (χ0) is 15.0. The smallest absolute Gasteiger partial charge is 0.358 e. The lowest BCUT2D eigenvalue weighted by atomic mass is 9.82. The van der Waals surface area contributed by atoms with E-state index in [4.69, 9.17) is 0 Å². The molecule has 0 aliphatic heterocycles. The molecule has 2 aromatic rings. The summed E-state index contributed by atoms with van der Waals surface area (Å²) in [4.78, 5) is 13.3. The highest BCUT2D eigenvalue weighted by atomic mass is 16.4. The number of anilines is 1. The number of nitrogens with zero attached hydrogens (tertiary/aromatic N) is 3. The average Bonchev–Trinajstić information content (AvgIpc) is 2.44. The van der Waals surface area contributed by atoms with Gasteiger partial charge < -0.3 is 15.1 Å². The highest BCUT2D eigenvalue weighted by molar-refractivity contribution is 6.02. The number of fused-ring (bicyclic) bond motifs is 1. The lowest BCUT2D eigenvalue weighted by Crippen LogP contribution is -2.37. The number of aliphatic hydroxyl groups excluding tert-OH is 1. The minimum atomic E-state index is -1.08. The fourth-order valence-electron chi connectivity index (χ4n) is 2.90. The first-order valence-corrected chi connectivity index (χ1v) is 6.94. The fourth-order valence-corrected chi connectivity index (χ4v) is 2.90. The SMILES string of the molecule is CN(CC1CC(O)C1)c1c(C(=O)O)nnc2ccccc12. The van der Waals surface area contributed by atoms with Gasteiger partial charge in [-0.15, -0.1) is 10.2 Å². The third kappa shape index (κ3) is 2.54. The van der Waals surface area contributed by atoms with Crippen LogP contribution in [0.2, 0.25) is 0 Å². The van der Waals surface area contributed by atoms with Gasteiger partial charge in [-0.2, -0.15) is 0 Å². The molecule has 1 aliphatic rings. The molecule has 1 aromatic heterocycles. The highest BCUT2D eigenvalue weighted by Gasteiger charge is 2.29. The van der Waals surface area contributed by atoms with E-state index in [1.165, 1.54) is 0 Å². The molecule has 21 heavy (non-hydrogen) atoms. The fraction of sp³-hybridized carbons (Fsp3) is 0.400. The number of aliphatic hydroxyl groups is 1. The summed E-state index contributed by atoms with van der Waals surface area (Å²) in [7, 11) is 1.86. The van der Waals surface area contributed by atoms with Crippen molar-refractivity contribution >= 4 is 22.6 Å². The zero-order valence-electron chi connectivity index (χ0n) is 11.7. The summed E-state index contributed by atoms with van der Waals surface area (Å²) in [6.45, 7) is 0.701. The quantitative estimate of drug-likeness (QED) is 0.887. The average molecular weight is 287 g/mol. The van der Waals surface area contributed by atoms with E-state index < -0.39 is 5.97 Å². The standard InChI is InChI=1S/C15H17N3O3/c1-18(8-9-6-10(19)7-9)14-11-4-2-3-5-12(11)16-17-13(14)15(20)21/h2-5,9-10,19H,6-8H2,1H3,(H,20,21). The summed E-state index contributed by atoms with van der Waals surface area (Å²) in [6.07, 6.45) is 1.32. The molecule has 3 rings (SSSR count). The molecule has 1 aromatic carbocycles. The molecule has 0 radical (unpaired) electrons. The molecule has 1 fully saturated rings. The number of aromatic nitrogens is 2. The Kier molecular flexibility index (Phi) is 3.47. The van der Waals surface area contributed by atoms with Crippen LogP contribution in [0.4, 0.5) is 5.69 Å². The van der Waals surface area contributed by atoms with Gasteiger partial charge in [0, 0.05) is 19.0 Å². The van der Waals surface area contributed by atoms with Crippen LogP contribution in [0.15, 0.2) is 24.3 Å². The van der Waals surface area contributed by atoms with Crippen molar-refractivity contribution in [3.63, 3.8) is 0 Å². The Balaban J connectivity index is 2.01. The van der Waals surface area contributed by atoms with Crippen molar-refractivity contribution in [3.05, 3.63) is 30.0 Å². The predicted molar refractivity (Wildman–Crippen MR) is 78.5 cm³/mol. The normalized spacial score (nSPS) is 21.0. The van der Waals surface area contributed by atoms with E-state index in [1.807, 2.05) is 36.2 Å². The molecule has 0 spiro atoms. The number of carboxylic acid groups (broad SMARTS) is 1. The lowest BCUT2D eigenvalue weighted by molar-refractivity contribution is 0.0463. The van der Waals surface area contributed by atoms with Crippen molar-refractivity contribution in [1.29, 1.82) is 0 Å². The summed E-state index contributed by atoms with van der Waals surface area (Å²) in [5.41, 5.74) is 1.24. The molecule has 6 nitrogen and oxygen atoms in total. The van der Waals surface area contributed by atoms with E-state index >= 15 is 0 Å². The molecule has 2 N–H and O–H groups in total. The molecule has 6 heteroatoms. The van der Waals surface area contributed by atoms with Crippen molar-refractivity contribution in [2.45, 2.75) is 18.9 Å². The maximum absolute atomic E-state index is 11.4. The monoisotopic (exact) mass is 287 g/mol.